The molecular weight excluding hydrogens is 268 g/mol. The smallest absolute Gasteiger partial charge is 0.234 e. The van der Waals surface area contributed by atoms with Crippen LogP contribution in [0.25, 0.3) is 0 Å². The van der Waals surface area contributed by atoms with Crippen LogP contribution < -0.4 is 11.1 Å². The Balaban J connectivity index is 1.92. The van der Waals surface area contributed by atoms with E-state index in [1.54, 1.807) is 0 Å². The number of carbonyl (C=O) groups excluding carboxylic acids is 1. The summed E-state index contributed by atoms with van der Waals surface area (Å²) in [6.45, 7) is 3.98. The van der Waals surface area contributed by atoms with E-state index in [1.165, 1.54) is 17.3 Å². The van der Waals surface area contributed by atoms with Crippen molar-refractivity contribution in [3.05, 3.63) is 53.6 Å². The van der Waals surface area contributed by atoms with Crippen LogP contribution in [-0.4, -0.2) is 11.7 Å². The van der Waals surface area contributed by atoms with Gasteiger partial charge in [0.25, 0.3) is 0 Å². The Morgan fingerprint density at radius 1 is 1.15 bits per heavy atom. The highest BCUT2D eigenvalue weighted by Gasteiger charge is 2.07. The van der Waals surface area contributed by atoms with E-state index in [1.807, 2.05) is 56.3 Å². The van der Waals surface area contributed by atoms with Gasteiger partial charge in [-0.3, -0.25) is 4.79 Å². The highest BCUT2D eigenvalue weighted by atomic mass is 32.2. The van der Waals surface area contributed by atoms with Crippen molar-refractivity contribution in [2.45, 2.75) is 18.7 Å². The van der Waals surface area contributed by atoms with Crippen LogP contribution in [0.1, 0.15) is 11.1 Å². The molecule has 2 aromatic carbocycles. The predicted octanol–water partition coefficient (Wildman–Crippen LogP) is 3.62. The summed E-state index contributed by atoms with van der Waals surface area (Å²) in [7, 11) is 0. The van der Waals surface area contributed by atoms with E-state index in [2.05, 4.69) is 5.32 Å². The lowest BCUT2D eigenvalue weighted by molar-refractivity contribution is -0.113. The molecule has 0 aliphatic rings. The zero-order chi connectivity index (χ0) is 14.5. The Morgan fingerprint density at radius 3 is 2.55 bits per heavy atom. The molecule has 104 valence electrons. The average molecular weight is 286 g/mol. The standard InChI is InChI=1S/C16H18N2OS/c1-11-6-8-13(9-7-11)18-15(19)10-20-14-5-3-4-12(2)16(14)17/h3-9H,10,17H2,1-2H3,(H,18,19). The molecule has 0 aliphatic carbocycles. The first-order valence-corrected chi connectivity index (χ1v) is 7.39. The number of nitrogen functional groups attached to an aromatic ring is 1. The summed E-state index contributed by atoms with van der Waals surface area (Å²) < 4.78 is 0. The van der Waals surface area contributed by atoms with Crippen molar-refractivity contribution in [2.24, 2.45) is 0 Å². The maximum Gasteiger partial charge on any atom is 0.234 e. The molecule has 2 rings (SSSR count). The molecule has 0 aromatic heterocycles. The van der Waals surface area contributed by atoms with E-state index in [0.29, 0.717) is 5.75 Å². The molecule has 0 unspecified atom stereocenters. The van der Waals surface area contributed by atoms with E-state index in [-0.39, 0.29) is 5.91 Å². The van der Waals surface area contributed by atoms with Gasteiger partial charge in [0.2, 0.25) is 5.91 Å². The van der Waals surface area contributed by atoms with Crippen molar-refractivity contribution < 1.29 is 4.79 Å². The number of thioether (sulfide) groups is 1. The Hall–Kier alpha value is -1.94. The maximum atomic E-state index is 11.9. The Labute approximate surface area is 123 Å². The number of anilines is 2. The molecule has 2 aromatic rings. The number of amides is 1. The lowest BCUT2D eigenvalue weighted by Crippen LogP contribution is -2.14. The number of aryl methyl sites for hydroxylation is 2. The molecule has 0 saturated heterocycles. The minimum absolute atomic E-state index is 0.0280. The summed E-state index contributed by atoms with van der Waals surface area (Å²) >= 11 is 1.45. The van der Waals surface area contributed by atoms with Crippen LogP contribution >= 0.6 is 11.8 Å². The van der Waals surface area contributed by atoms with Gasteiger partial charge in [-0.1, -0.05) is 29.8 Å². The van der Waals surface area contributed by atoms with Crippen LogP contribution in [0.4, 0.5) is 11.4 Å². The third-order valence-corrected chi connectivity index (χ3v) is 4.05. The lowest BCUT2D eigenvalue weighted by atomic mass is 10.2. The number of rotatable bonds is 4. The fourth-order valence-electron chi connectivity index (χ4n) is 1.76. The quantitative estimate of drug-likeness (QED) is 0.667. The lowest BCUT2D eigenvalue weighted by Gasteiger charge is -2.08. The maximum absolute atomic E-state index is 11.9. The number of carbonyl (C=O) groups is 1. The van der Waals surface area contributed by atoms with Gasteiger partial charge in [0, 0.05) is 16.3 Å². The minimum Gasteiger partial charge on any atom is -0.398 e. The summed E-state index contributed by atoms with van der Waals surface area (Å²) in [4.78, 5) is 12.8. The fraction of sp³-hybridized carbons (Fsp3) is 0.188. The zero-order valence-electron chi connectivity index (χ0n) is 11.6. The SMILES string of the molecule is Cc1ccc(NC(=O)CSc2cccc(C)c2N)cc1. The molecule has 0 saturated carbocycles. The third kappa shape index (κ3) is 3.78. The highest BCUT2D eigenvalue weighted by Crippen LogP contribution is 2.27. The van der Waals surface area contributed by atoms with E-state index in [0.717, 1.165) is 21.8 Å². The molecule has 0 bridgehead atoms. The molecule has 0 spiro atoms. The van der Waals surface area contributed by atoms with Gasteiger partial charge in [-0.2, -0.15) is 0 Å². The molecule has 3 nitrogen and oxygen atoms in total. The first-order valence-electron chi connectivity index (χ1n) is 6.40. The second kappa shape index (κ2) is 6.48. The average Bonchev–Trinajstić information content (AvgIpc) is 2.43. The summed E-state index contributed by atoms with van der Waals surface area (Å²) in [6.07, 6.45) is 0. The fourth-order valence-corrected chi connectivity index (χ4v) is 2.61. The monoisotopic (exact) mass is 286 g/mol. The van der Waals surface area contributed by atoms with Crippen LogP contribution in [0.2, 0.25) is 0 Å². The molecule has 0 atom stereocenters. The second-order valence-electron chi connectivity index (χ2n) is 4.69. The first-order chi connectivity index (χ1) is 9.56. The summed E-state index contributed by atoms with van der Waals surface area (Å²) in [5.41, 5.74) is 9.76. The molecule has 0 fully saturated rings. The van der Waals surface area contributed by atoms with Gasteiger partial charge in [0.05, 0.1) is 5.75 Å². The van der Waals surface area contributed by atoms with E-state index < -0.39 is 0 Å². The van der Waals surface area contributed by atoms with Crippen LogP contribution in [0.5, 0.6) is 0 Å². The Morgan fingerprint density at radius 2 is 1.85 bits per heavy atom. The van der Waals surface area contributed by atoms with Gasteiger partial charge in [-0.15, -0.1) is 11.8 Å². The molecule has 3 N–H and O–H groups in total. The number of nitrogens with one attached hydrogen (secondary N) is 1. The number of benzene rings is 2. The predicted molar refractivity (Wildman–Crippen MR) is 86.1 cm³/mol. The largest absolute Gasteiger partial charge is 0.398 e. The highest BCUT2D eigenvalue weighted by molar-refractivity contribution is 8.00. The van der Waals surface area contributed by atoms with Crippen molar-refractivity contribution in [1.29, 1.82) is 0 Å². The van der Waals surface area contributed by atoms with Crippen LogP contribution in [0.15, 0.2) is 47.4 Å². The molecule has 0 aliphatic heterocycles. The van der Waals surface area contributed by atoms with Crippen LogP contribution in [-0.2, 0) is 4.79 Å². The van der Waals surface area contributed by atoms with Gasteiger partial charge in [0.1, 0.15) is 0 Å². The van der Waals surface area contributed by atoms with Crippen molar-refractivity contribution in [3.63, 3.8) is 0 Å². The Kier molecular flexibility index (Phi) is 4.69. The molecular formula is C16H18N2OS. The van der Waals surface area contributed by atoms with E-state index >= 15 is 0 Å². The molecule has 0 heterocycles. The van der Waals surface area contributed by atoms with Gasteiger partial charge < -0.3 is 11.1 Å². The summed E-state index contributed by atoms with van der Waals surface area (Å²) in [5.74, 6) is 0.321. The second-order valence-corrected chi connectivity index (χ2v) is 5.71. The zero-order valence-corrected chi connectivity index (χ0v) is 12.5. The van der Waals surface area contributed by atoms with Crippen molar-refractivity contribution in [1.82, 2.24) is 0 Å². The Bertz CT molecular complexity index is 608. The van der Waals surface area contributed by atoms with Crippen LogP contribution in [0, 0.1) is 13.8 Å². The summed E-state index contributed by atoms with van der Waals surface area (Å²) in [5, 5.41) is 2.87. The topological polar surface area (TPSA) is 55.1 Å². The number of nitrogens with two attached hydrogens (primary N) is 1. The van der Waals surface area contributed by atoms with Gasteiger partial charge >= 0.3 is 0 Å². The molecule has 20 heavy (non-hydrogen) atoms. The normalized spacial score (nSPS) is 10.3. The summed E-state index contributed by atoms with van der Waals surface area (Å²) in [6, 6.07) is 13.6. The first kappa shape index (κ1) is 14.5. The number of hydrogen-bond acceptors (Lipinski definition) is 3. The van der Waals surface area contributed by atoms with Crippen molar-refractivity contribution in [2.75, 3.05) is 16.8 Å². The number of para-hydroxylation sites is 1. The van der Waals surface area contributed by atoms with Gasteiger partial charge in [-0.05, 0) is 37.6 Å². The third-order valence-electron chi connectivity index (χ3n) is 2.98. The van der Waals surface area contributed by atoms with E-state index in [9.17, 15) is 4.79 Å². The van der Waals surface area contributed by atoms with Gasteiger partial charge in [-0.25, -0.2) is 0 Å². The number of hydrogen-bond donors (Lipinski definition) is 2. The van der Waals surface area contributed by atoms with Crippen molar-refractivity contribution in [3.8, 4) is 0 Å². The van der Waals surface area contributed by atoms with Gasteiger partial charge in [0.15, 0.2) is 0 Å². The van der Waals surface area contributed by atoms with Crippen LogP contribution in [0.3, 0.4) is 0 Å². The molecule has 1 amide bonds. The molecule has 0 radical (unpaired) electrons. The minimum atomic E-state index is -0.0280. The molecule has 4 heteroatoms. The van der Waals surface area contributed by atoms with Crippen molar-refractivity contribution >= 4 is 29.0 Å². The van der Waals surface area contributed by atoms with E-state index in [4.69, 9.17) is 5.73 Å².